The zero-order chi connectivity index (χ0) is 19.6. The van der Waals surface area contributed by atoms with Gasteiger partial charge in [0.05, 0.1) is 11.6 Å². The molecule has 0 aromatic heterocycles. The van der Waals surface area contributed by atoms with Gasteiger partial charge in [-0.1, -0.05) is 36.3 Å². The van der Waals surface area contributed by atoms with Crippen LogP contribution in [0.1, 0.15) is 57.8 Å². The van der Waals surface area contributed by atoms with E-state index in [9.17, 15) is 4.79 Å². The molecule has 0 bridgehead atoms. The van der Waals surface area contributed by atoms with Gasteiger partial charge in [-0.05, 0) is 63.2 Å². The molecule has 3 aliphatic rings. The number of hydrogen-bond donors (Lipinski definition) is 2. The first-order chi connectivity index (χ1) is 13.7. The van der Waals surface area contributed by atoms with E-state index >= 15 is 0 Å². The van der Waals surface area contributed by atoms with E-state index < -0.39 is 0 Å². The minimum atomic E-state index is 0.0850. The minimum absolute atomic E-state index is 0.0850. The van der Waals surface area contributed by atoms with Gasteiger partial charge in [0.1, 0.15) is 5.84 Å². The predicted molar refractivity (Wildman–Crippen MR) is 120 cm³/mol. The standard InChI is InChI=1S/C22H30N4OS/c27-20(23-16-14-17-9-3-1-4-10-17)13-5-2-8-15-24-21-18-11-6-7-12-19(18)25-22(28)26-21/h6-7,9,11-12,18H,1-5,8,10,13-16H2,(H,23,27)(H,24,26,28). The van der Waals surface area contributed by atoms with Crippen molar-refractivity contribution in [3.05, 3.63) is 36.0 Å². The highest BCUT2D eigenvalue weighted by Crippen LogP contribution is 2.19. The summed E-state index contributed by atoms with van der Waals surface area (Å²) in [4.78, 5) is 21.0. The quantitative estimate of drug-likeness (QED) is 0.350. The van der Waals surface area contributed by atoms with E-state index in [2.05, 4.69) is 32.8 Å². The third-order valence-corrected chi connectivity index (χ3v) is 5.45. The summed E-state index contributed by atoms with van der Waals surface area (Å²) in [6.45, 7) is 1.51. The fraction of sp³-hybridized carbons (Fsp3) is 0.545. The second kappa shape index (κ2) is 11.1. The van der Waals surface area contributed by atoms with Crippen molar-refractivity contribution in [2.75, 3.05) is 13.1 Å². The number of unbranched alkanes of at least 4 members (excludes halogenated alkanes) is 2. The van der Waals surface area contributed by atoms with Crippen LogP contribution in [0.25, 0.3) is 0 Å². The third kappa shape index (κ3) is 6.51. The minimum Gasteiger partial charge on any atom is -0.356 e. The van der Waals surface area contributed by atoms with Crippen molar-refractivity contribution in [3.8, 4) is 0 Å². The van der Waals surface area contributed by atoms with Crippen LogP contribution in [-0.4, -0.2) is 35.7 Å². The summed E-state index contributed by atoms with van der Waals surface area (Å²) in [7, 11) is 0. The molecule has 0 fully saturated rings. The van der Waals surface area contributed by atoms with Crippen LogP contribution >= 0.6 is 12.2 Å². The number of allylic oxidation sites excluding steroid dienone is 4. The van der Waals surface area contributed by atoms with E-state index in [0.717, 1.165) is 50.3 Å². The van der Waals surface area contributed by atoms with Crippen LogP contribution in [0, 0.1) is 5.92 Å². The maximum absolute atomic E-state index is 11.9. The van der Waals surface area contributed by atoms with Gasteiger partial charge in [-0.2, -0.15) is 0 Å². The van der Waals surface area contributed by atoms with Crippen LogP contribution < -0.4 is 10.6 Å². The molecule has 1 heterocycles. The Morgan fingerprint density at radius 3 is 3.07 bits per heavy atom. The molecule has 2 aliphatic carbocycles. The first-order valence-electron chi connectivity index (χ1n) is 10.5. The second-order valence-corrected chi connectivity index (χ2v) is 7.86. The van der Waals surface area contributed by atoms with Crippen molar-refractivity contribution in [1.29, 1.82) is 0 Å². The third-order valence-electron chi connectivity index (χ3n) is 5.26. The molecule has 28 heavy (non-hydrogen) atoms. The molecule has 150 valence electrons. The maximum Gasteiger partial charge on any atom is 0.220 e. The molecule has 6 heteroatoms. The highest BCUT2D eigenvalue weighted by atomic mass is 32.1. The Kier molecular flexibility index (Phi) is 8.15. The van der Waals surface area contributed by atoms with Gasteiger partial charge in [0.2, 0.25) is 5.91 Å². The topological polar surface area (TPSA) is 65.8 Å². The van der Waals surface area contributed by atoms with Gasteiger partial charge in [-0.3, -0.25) is 9.79 Å². The van der Waals surface area contributed by atoms with E-state index in [0.29, 0.717) is 11.5 Å². The van der Waals surface area contributed by atoms with Crippen molar-refractivity contribution in [2.24, 2.45) is 15.9 Å². The van der Waals surface area contributed by atoms with E-state index in [1.807, 2.05) is 18.2 Å². The first kappa shape index (κ1) is 20.6. The van der Waals surface area contributed by atoms with Crippen LogP contribution in [0.2, 0.25) is 0 Å². The van der Waals surface area contributed by atoms with Crippen LogP contribution in [0.4, 0.5) is 0 Å². The van der Waals surface area contributed by atoms with Gasteiger partial charge < -0.3 is 10.6 Å². The molecule has 1 unspecified atom stereocenters. The Hall–Kier alpha value is -2.08. The molecule has 0 saturated carbocycles. The Morgan fingerprint density at radius 1 is 1.29 bits per heavy atom. The molecule has 1 atom stereocenters. The average Bonchev–Trinajstić information content (AvgIpc) is 2.71. The number of carbonyl (C=O) groups is 1. The zero-order valence-electron chi connectivity index (χ0n) is 16.5. The maximum atomic E-state index is 11.9. The van der Waals surface area contributed by atoms with Gasteiger partial charge in [0.15, 0.2) is 5.11 Å². The molecular formula is C22H30N4OS. The molecule has 1 amide bonds. The SMILES string of the molecule is O=C(CCCCCN=C1NC(=S)N=C2C=CC=CC21)NCCC1=CCCCC1. The summed E-state index contributed by atoms with van der Waals surface area (Å²) in [6, 6.07) is 0. The summed E-state index contributed by atoms with van der Waals surface area (Å²) in [5.74, 6) is 1.13. The van der Waals surface area contributed by atoms with Crippen molar-refractivity contribution < 1.29 is 4.79 Å². The van der Waals surface area contributed by atoms with E-state index in [4.69, 9.17) is 12.2 Å². The fourth-order valence-electron chi connectivity index (χ4n) is 3.70. The molecule has 0 aromatic rings. The predicted octanol–water partition coefficient (Wildman–Crippen LogP) is 4.02. The number of aliphatic imine (C=N–C) groups is 2. The van der Waals surface area contributed by atoms with Crippen LogP contribution in [0.15, 0.2) is 45.9 Å². The van der Waals surface area contributed by atoms with Gasteiger partial charge in [-0.25, -0.2) is 4.99 Å². The lowest BCUT2D eigenvalue weighted by Gasteiger charge is -2.24. The van der Waals surface area contributed by atoms with Gasteiger partial charge in [-0.15, -0.1) is 0 Å². The number of thiocarbonyl (C=S) groups is 1. The Balaban J connectivity index is 1.28. The Bertz CT molecular complexity index is 733. The summed E-state index contributed by atoms with van der Waals surface area (Å²) < 4.78 is 0. The smallest absolute Gasteiger partial charge is 0.220 e. The molecule has 5 nitrogen and oxygen atoms in total. The normalized spacial score (nSPS) is 22.4. The van der Waals surface area contributed by atoms with Crippen molar-refractivity contribution in [2.45, 2.75) is 57.8 Å². The molecular weight excluding hydrogens is 368 g/mol. The van der Waals surface area contributed by atoms with Gasteiger partial charge in [0.25, 0.3) is 0 Å². The van der Waals surface area contributed by atoms with E-state index in [-0.39, 0.29) is 11.8 Å². The number of fused-ring (bicyclic) bond motifs is 1. The van der Waals surface area contributed by atoms with E-state index in [1.165, 1.54) is 31.3 Å². The number of amides is 1. The average molecular weight is 399 g/mol. The van der Waals surface area contributed by atoms with Gasteiger partial charge in [0, 0.05) is 19.5 Å². The zero-order valence-corrected chi connectivity index (χ0v) is 17.3. The first-order valence-corrected chi connectivity index (χ1v) is 10.9. The second-order valence-electron chi connectivity index (χ2n) is 7.47. The molecule has 0 radical (unpaired) electrons. The number of nitrogens with one attached hydrogen (secondary N) is 2. The molecule has 0 spiro atoms. The number of hydrogen-bond acceptors (Lipinski definition) is 3. The highest BCUT2D eigenvalue weighted by molar-refractivity contribution is 7.80. The lowest BCUT2D eigenvalue weighted by molar-refractivity contribution is -0.121. The summed E-state index contributed by atoms with van der Waals surface area (Å²) in [6.07, 6.45) is 19.9. The summed E-state index contributed by atoms with van der Waals surface area (Å²) in [5.41, 5.74) is 2.46. The number of amidine groups is 1. The summed E-state index contributed by atoms with van der Waals surface area (Å²) >= 11 is 5.19. The summed E-state index contributed by atoms with van der Waals surface area (Å²) in [5, 5.41) is 6.64. The van der Waals surface area contributed by atoms with Crippen molar-refractivity contribution in [1.82, 2.24) is 10.6 Å². The molecule has 1 aliphatic heterocycles. The van der Waals surface area contributed by atoms with Crippen LogP contribution in [-0.2, 0) is 4.79 Å². The molecule has 0 saturated heterocycles. The number of carbonyl (C=O) groups excluding carboxylic acids is 1. The Morgan fingerprint density at radius 2 is 2.21 bits per heavy atom. The number of nitrogens with zero attached hydrogens (tertiary/aromatic N) is 2. The van der Waals surface area contributed by atoms with Crippen molar-refractivity contribution in [3.63, 3.8) is 0 Å². The van der Waals surface area contributed by atoms with E-state index in [1.54, 1.807) is 0 Å². The fourth-order valence-corrected chi connectivity index (χ4v) is 3.91. The monoisotopic (exact) mass is 398 g/mol. The lowest BCUT2D eigenvalue weighted by Crippen LogP contribution is -2.42. The Labute approximate surface area is 173 Å². The molecule has 0 aromatic carbocycles. The van der Waals surface area contributed by atoms with Gasteiger partial charge >= 0.3 is 0 Å². The highest BCUT2D eigenvalue weighted by Gasteiger charge is 2.24. The van der Waals surface area contributed by atoms with Crippen molar-refractivity contribution >= 4 is 34.8 Å². The van der Waals surface area contributed by atoms with Crippen LogP contribution in [0.5, 0.6) is 0 Å². The molecule has 2 N–H and O–H groups in total. The molecule has 3 rings (SSSR count). The number of rotatable bonds is 9. The lowest BCUT2D eigenvalue weighted by atomic mass is 9.96. The van der Waals surface area contributed by atoms with Crippen LogP contribution in [0.3, 0.4) is 0 Å². The largest absolute Gasteiger partial charge is 0.356 e.